The molecular formula is C16H12BrNO7. The van der Waals surface area contributed by atoms with Crippen molar-refractivity contribution in [3.8, 4) is 23.0 Å². The SMILES string of the molecule is O=[N+]([O-])c1cc(Oc2cc3c(cc2Br)OCO3)ccc1C1OCCO1. The predicted molar refractivity (Wildman–Crippen MR) is 88.1 cm³/mol. The zero-order valence-corrected chi connectivity index (χ0v) is 14.4. The van der Waals surface area contributed by atoms with E-state index in [9.17, 15) is 10.1 Å². The zero-order chi connectivity index (χ0) is 17.4. The molecule has 8 nitrogen and oxygen atoms in total. The summed E-state index contributed by atoms with van der Waals surface area (Å²) in [5.74, 6) is 1.93. The average molecular weight is 410 g/mol. The summed E-state index contributed by atoms with van der Waals surface area (Å²) in [5.41, 5.74) is 0.237. The summed E-state index contributed by atoms with van der Waals surface area (Å²) < 4.78 is 27.7. The van der Waals surface area contributed by atoms with Crippen molar-refractivity contribution in [3.05, 3.63) is 50.5 Å². The highest BCUT2D eigenvalue weighted by Gasteiger charge is 2.27. The number of benzene rings is 2. The van der Waals surface area contributed by atoms with Crippen LogP contribution in [0.5, 0.6) is 23.0 Å². The van der Waals surface area contributed by atoms with Crippen LogP contribution in [0.4, 0.5) is 5.69 Å². The molecule has 0 N–H and O–H groups in total. The molecule has 9 heteroatoms. The van der Waals surface area contributed by atoms with Crippen LogP contribution in [-0.2, 0) is 9.47 Å². The van der Waals surface area contributed by atoms with E-state index < -0.39 is 11.2 Å². The van der Waals surface area contributed by atoms with Crippen LogP contribution in [0.15, 0.2) is 34.8 Å². The van der Waals surface area contributed by atoms with E-state index in [2.05, 4.69) is 15.9 Å². The minimum atomic E-state index is -0.730. The highest BCUT2D eigenvalue weighted by atomic mass is 79.9. The summed E-state index contributed by atoms with van der Waals surface area (Å²) in [6, 6.07) is 7.93. The summed E-state index contributed by atoms with van der Waals surface area (Å²) >= 11 is 3.39. The summed E-state index contributed by atoms with van der Waals surface area (Å²) in [6.45, 7) is 0.960. The van der Waals surface area contributed by atoms with Crippen molar-refractivity contribution in [2.75, 3.05) is 20.0 Å². The molecule has 0 bridgehead atoms. The lowest BCUT2D eigenvalue weighted by Gasteiger charge is -2.12. The zero-order valence-electron chi connectivity index (χ0n) is 12.8. The Kier molecular flexibility index (Phi) is 4.20. The van der Waals surface area contributed by atoms with E-state index in [0.29, 0.717) is 46.2 Å². The first-order valence-corrected chi connectivity index (χ1v) is 8.19. The van der Waals surface area contributed by atoms with Crippen molar-refractivity contribution in [1.29, 1.82) is 0 Å². The normalized spacial score (nSPS) is 16.2. The molecule has 2 aliphatic heterocycles. The fourth-order valence-electron chi connectivity index (χ4n) is 2.59. The lowest BCUT2D eigenvalue weighted by atomic mass is 10.1. The van der Waals surface area contributed by atoms with E-state index in [1.54, 1.807) is 24.3 Å². The lowest BCUT2D eigenvalue weighted by Crippen LogP contribution is -2.03. The molecule has 0 radical (unpaired) electrons. The van der Waals surface area contributed by atoms with Gasteiger partial charge in [0.15, 0.2) is 17.8 Å². The van der Waals surface area contributed by atoms with Gasteiger partial charge >= 0.3 is 0 Å². The van der Waals surface area contributed by atoms with Gasteiger partial charge in [-0.2, -0.15) is 0 Å². The molecule has 0 atom stereocenters. The van der Waals surface area contributed by atoms with Crippen molar-refractivity contribution >= 4 is 21.6 Å². The molecule has 2 aromatic rings. The van der Waals surface area contributed by atoms with E-state index in [0.717, 1.165) is 0 Å². The van der Waals surface area contributed by atoms with Crippen molar-refractivity contribution < 1.29 is 28.6 Å². The molecule has 25 heavy (non-hydrogen) atoms. The highest BCUT2D eigenvalue weighted by Crippen LogP contribution is 2.43. The predicted octanol–water partition coefficient (Wildman–Crippen LogP) is 3.92. The maximum Gasteiger partial charge on any atom is 0.281 e. The lowest BCUT2D eigenvalue weighted by molar-refractivity contribution is -0.386. The van der Waals surface area contributed by atoms with Crippen LogP contribution in [0.25, 0.3) is 0 Å². The number of ether oxygens (including phenoxy) is 5. The van der Waals surface area contributed by atoms with Gasteiger partial charge in [0.2, 0.25) is 6.79 Å². The second-order valence-corrected chi connectivity index (χ2v) is 6.14. The Morgan fingerprint density at radius 3 is 2.56 bits per heavy atom. The first-order valence-electron chi connectivity index (χ1n) is 7.40. The Bertz CT molecular complexity index is 835. The third-order valence-corrected chi connectivity index (χ3v) is 4.35. The molecule has 1 saturated heterocycles. The Morgan fingerprint density at radius 2 is 1.84 bits per heavy atom. The Labute approximate surface area is 150 Å². The van der Waals surface area contributed by atoms with E-state index in [1.807, 2.05) is 0 Å². The monoisotopic (exact) mass is 409 g/mol. The molecule has 2 heterocycles. The Morgan fingerprint density at radius 1 is 1.12 bits per heavy atom. The molecule has 0 aliphatic carbocycles. The fourth-order valence-corrected chi connectivity index (χ4v) is 2.99. The highest BCUT2D eigenvalue weighted by molar-refractivity contribution is 9.10. The standard InChI is InChI=1S/C16H12BrNO7/c17-11-6-14-15(24-8-23-14)7-13(11)25-9-1-2-10(12(5-9)18(19)20)16-21-3-4-22-16/h1-2,5-7,16H,3-4,8H2. The number of nitrogens with zero attached hydrogens (tertiary/aromatic N) is 1. The van der Waals surface area contributed by atoms with Gasteiger partial charge < -0.3 is 23.7 Å². The Balaban J connectivity index is 1.65. The van der Waals surface area contributed by atoms with Gasteiger partial charge in [-0.05, 0) is 28.1 Å². The average Bonchev–Trinajstić information content (AvgIpc) is 3.26. The number of rotatable bonds is 4. The van der Waals surface area contributed by atoms with Crippen LogP contribution in [0.2, 0.25) is 0 Å². The van der Waals surface area contributed by atoms with Gasteiger partial charge in [0.05, 0.1) is 34.2 Å². The molecule has 0 saturated carbocycles. The molecule has 2 aliphatic rings. The summed E-state index contributed by atoms with van der Waals surface area (Å²) in [6.07, 6.45) is -0.730. The van der Waals surface area contributed by atoms with Crippen molar-refractivity contribution in [2.45, 2.75) is 6.29 Å². The third kappa shape index (κ3) is 3.13. The molecule has 1 fully saturated rings. The number of hydrogen-bond donors (Lipinski definition) is 0. The first-order chi connectivity index (χ1) is 12.1. The van der Waals surface area contributed by atoms with Crippen LogP contribution in [0.3, 0.4) is 0 Å². The maximum absolute atomic E-state index is 11.4. The van der Waals surface area contributed by atoms with E-state index in [4.69, 9.17) is 23.7 Å². The van der Waals surface area contributed by atoms with Crippen LogP contribution in [0.1, 0.15) is 11.9 Å². The number of halogens is 1. The minimum absolute atomic E-state index is 0.124. The smallest absolute Gasteiger partial charge is 0.281 e. The van der Waals surface area contributed by atoms with Crippen molar-refractivity contribution in [1.82, 2.24) is 0 Å². The largest absolute Gasteiger partial charge is 0.456 e. The molecule has 0 unspecified atom stereocenters. The molecule has 130 valence electrons. The van der Waals surface area contributed by atoms with E-state index >= 15 is 0 Å². The van der Waals surface area contributed by atoms with Crippen molar-refractivity contribution in [2.24, 2.45) is 0 Å². The number of nitro benzene ring substituents is 1. The maximum atomic E-state index is 11.4. The summed E-state index contributed by atoms with van der Waals surface area (Å²) in [5, 5.41) is 11.4. The number of fused-ring (bicyclic) bond motifs is 1. The number of nitro groups is 1. The topological polar surface area (TPSA) is 89.3 Å². The molecule has 4 rings (SSSR count). The summed E-state index contributed by atoms with van der Waals surface area (Å²) in [7, 11) is 0. The minimum Gasteiger partial charge on any atom is -0.456 e. The molecule has 0 aromatic heterocycles. The quantitative estimate of drug-likeness (QED) is 0.558. The molecule has 0 amide bonds. The van der Waals surface area contributed by atoms with Gasteiger partial charge in [-0.25, -0.2) is 0 Å². The summed E-state index contributed by atoms with van der Waals surface area (Å²) in [4.78, 5) is 10.9. The van der Waals surface area contributed by atoms with Gasteiger partial charge in [0.1, 0.15) is 11.5 Å². The Hall–Kier alpha value is -2.36. The van der Waals surface area contributed by atoms with Crippen LogP contribution in [-0.4, -0.2) is 24.9 Å². The van der Waals surface area contributed by atoms with Crippen LogP contribution in [0, 0.1) is 10.1 Å². The third-order valence-electron chi connectivity index (χ3n) is 3.73. The van der Waals surface area contributed by atoms with Gasteiger partial charge in [-0.15, -0.1) is 0 Å². The second-order valence-electron chi connectivity index (χ2n) is 5.29. The van der Waals surface area contributed by atoms with E-state index in [1.165, 1.54) is 6.07 Å². The van der Waals surface area contributed by atoms with Crippen molar-refractivity contribution in [3.63, 3.8) is 0 Å². The first kappa shape index (κ1) is 16.1. The van der Waals surface area contributed by atoms with Gasteiger partial charge in [-0.1, -0.05) is 0 Å². The molecular weight excluding hydrogens is 398 g/mol. The van der Waals surface area contributed by atoms with Gasteiger partial charge in [-0.3, -0.25) is 10.1 Å². The fraction of sp³-hybridized carbons (Fsp3) is 0.250. The van der Waals surface area contributed by atoms with Gasteiger partial charge in [0, 0.05) is 12.1 Å². The second kappa shape index (κ2) is 6.51. The molecule has 2 aromatic carbocycles. The van der Waals surface area contributed by atoms with E-state index in [-0.39, 0.29) is 12.5 Å². The molecule has 0 spiro atoms. The van der Waals surface area contributed by atoms with Crippen LogP contribution < -0.4 is 14.2 Å². The van der Waals surface area contributed by atoms with Gasteiger partial charge in [0.25, 0.3) is 5.69 Å². The number of hydrogen-bond acceptors (Lipinski definition) is 7. The van der Waals surface area contributed by atoms with Crippen LogP contribution >= 0.6 is 15.9 Å².